The number of carbonyl (C=O) groups excluding carboxylic acids is 1. The van der Waals surface area contributed by atoms with Gasteiger partial charge in [0, 0.05) is 23.7 Å². The highest BCUT2D eigenvalue weighted by Crippen LogP contribution is 2.65. The summed E-state index contributed by atoms with van der Waals surface area (Å²) in [6, 6.07) is 0. The summed E-state index contributed by atoms with van der Waals surface area (Å²) >= 11 is 0. The van der Waals surface area contributed by atoms with Gasteiger partial charge in [0.15, 0.2) is 5.79 Å². The molecule has 0 radical (unpaired) electrons. The van der Waals surface area contributed by atoms with E-state index >= 15 is 0 Å². The van der Waals surface area contributed by atoms with Gasteiger partial charge >= 0.3 is 0 Å². The van der Waals surface area contributed by atoms with E-state index < -0.39 is 17.3 Å². The molecule has 0 aromatic rings. The van der Waals surface area contributed by atoms with Gasteiger partial charge in [0.25, 0.3) is 0 Å². The first-order chi connectivity index (χ1) is 10.7. The minimum Gasteiger partial charge on any atom is -0.393 e. The van der Waals surface area contributed by atoms with Gasteiger partial charge in [-0.15, -0.1) is 0 Å². The minimum atomic E-state index is -1.86. The molecule has 6 atom stereocenters. The highest BCUT2D eigenvalue weighted by atomic mass is 16.5. The van der Waals surface area contributed by atoms with Crippen LogP contribution in [0.15, 0.2) is 11.6 Å². The first kappa shape index (κ1) is 15.8. The molecule has 128 valence electrons. The Hall–Kier alpha value is -0.710. The smallest absolute Gasteiger partial charge is 0.174 e. The molecule has 0 unspecified atom stereocenters. The number of fused-ring (bicyclic) bond motifs is 5. The zero-order chi connectivity index (χ0) is 16.6. The van der Waals surface area contributed by atoms with Crippen LogP contribution in [0.2, 0.25) is 0 Å². The first-order valence-electron chi connectivity index (χ1n) is 9.06. The highest BCUT2D eigenvalue weighted by molar-refractivity contribution is 5.87. The Morgan fingerprint density at radius 2 is 1.91 bits per heavy atom. The van der Waals surface area contributed by atoms with Crippen molar-refractivity contribution >= 4 is 5.78 Å². The zero-order valence-electron chi connectivity index (χ0n) is 14.1. The predicted molar refractivity (Wildman–Crippen MR) is 85.3 cm³/mol. The second kappa shape index (κ2) is 4.68. The largest absolute Gasteiger partial charge is 0.393 e. The minimum absolute atomic E-state index is 0.0188. The Morgan fingerprint density at radius 1 is 1.17 bits per heavy atom. The third kappa shape index (κ3) is 1.86. The maximum Gasteiger partial charge on any atom is 0.174 e. The maximum atomic E-state index is 12.4. The van der Waals surface area contributed by atoms with Crippen molar-refractivity contribution in [3.8, 4) is 0 Å². The fraction of sp³-hybridized carbons (Fsp3) is 0.842. The van der Waals surface area contributed by atoms with Gasteiger partial charge in [0.2, 0.25) is 0 Å². The van der Waals surface area contributed by atoms with Gasteiger partial charge in [-0.3, -0.25) is 4.79 Å². The molecule has 3 saturated carbocycles. The number of aliphatic hydroxyl groups is 3. The lowest BCUT2D eigenvalue weighted by molar-refractivity contribution is -0.279. The van der Waals surface area contributed by atoms with Crippen LogP contribution in [0.1, 0.15) is 58.8 Å². The molecule has 3 N–H and O–H groups in total. The summed E-state index contributed by atoms with van der Waals surface area (Å²) in [5.41, 5.74) is 0.114. The van der Waals surface area contributed by atoms with Crippen LogP contribution in [-0.4, -0.2) is 33.0 Å². The van der Waals surface area contributed by atoms with Crippen molar-refractivity contribution in [2.45, 2.75) is 70.7 Å². The lowest BCUT2D eigenvalue weighted by Gasteiger charge is -2.60. The summed E-state index contributed by atoms with van der Waals surface area (Å²) in [6.45, 7) is 4.10. The van der Waals surface area contributed by atoms with E-state index in [4.69, 9.17) is 0 Å². The van der Waals surface area contributed by atoms with Crippen LogP contribution < -0.4 is 0 Å². The molecule has 0 amide bonds. The van der Waals surface area contributed by atoms with Crippen LogP contribution in [0.25, 0.3) is 0 Å². The summed E-state index contributed by atoms with van der Waals surface area (Å²) in [4.78, 5) is 12.4. The van der Waals surface area contributed by atoms with E-state index in [1.54, 1.807) is 0 Å². The number of aliphatic hydroxyl groups excluding tert-OH is 1. The van der Waals surface area contributed by atoms with Gasteiger partial charge in [-0.25, -0.2) is 0 Å². The number of Topliss-reactive ketones (excluding diaryl/α,β-unsaturated/α-hetero) is 1. The molecule has 4 aliphatic rings. The molecule has 23 heavy (non-hydrogen) atoms. The van der Waals surface area contributed by atoms with E-state index in [1.807, 2.05) is 6.92 Å². The molecule has 4 heteroatoms. The molecule has 0 aliphatic heterocycles. The van der Waals surface area contributed by atoms with Crippen LogP contribution in [-0.2, 0) is 4.79 Å². The third-order valence-electron chi connectivity index (χ3n) is 8.00. The second-order valence-electron chi connectivity index (χ2n) is 8.84. The molecule has 0 bridgehead atoms. The molecule has 4 nitrogen and oxygen atoms in total. The van der Waals surface area contributed by atoms with Crippen molar-refractivity contribution in [1.82, 2.24) is 0 Å². The monoisotopic (exact) mass is 320 g/mol. The van der Waals surface area contributed by atoms with Crippen LogP contribution >= 0.6 is 0 Å². The molecule has 0 aromatic carbocycles. The van der Waals surface area contributed by atoms with Gasteiger partial charge < -0.3 is 15.3 Å². The SMILES string of the molecule is C[C@]12C(=CC[C@@H]3[C@@H]1CC[C@]1(C)C(=O)CC[C@@H]31)C[C@@H](O)CC2(O)O. The Balaban J connectivity index is 1.76. The van der Waals surface area contributed by atoms with E-state index in [0.717, 1.165) is 31.3 Å². The fourth-order valence-corrected chi connectivity index (χ4v) is 6.55. The Labute approximate surface area is 137 Å². The van der Waals surface area contributed by atoms with Crippen LogP contribution in [0, 0.1) is 28.6 Å². The predicted octanol–water partition coefficient (Wildman–Crippen LogP) is 2.17. The molecule has 0 spiro atoms. The number of carbonyl (C=O) groups is 1. The van der Waals surface area contributed by atoms with Gasteiger partial charge in [-0.2, -0.15) is 0 Å². The normalized spacial score (nSPS) is 51.5. The van der Waals surface area contributed by atoms with E-state index in [2.05, 4.69) is 13.0 Å². The van der Waals surface area contributed by atoms with E-state index in [1.165, 1.54) is 0 Å². The average Bonchev–Trinajstić information content (AvgIpc) is 2.76. The lowest BCUT2D eigenvalue weighted by atomic mass is 9.46. The Kier molecular flexibility index (Phi) is 3.21. The first-order valence-corrected chi connectivity index (χ1v) is 9.06. The number of hydrogen-bond acceptors (Lipinski definition) is 4. The number of ketones is 1. The van der Waals surface area contributed by atoms with Crippen molar-refractivity contribution < 1.29 is 20.1 Å². The lowest BCUT2D eigenvalue weighted by Crippen LogP contribution is -2.62. The van der Waals surface area contributed by atoms with Crippen molar-refractivity contribution in [3.05, 3.63) is 11.6 Å². The van der Waals surface area contributed by atoms with Gasteiger partial charge in [-0.1, -0.05) is 25.5 Å². The van der Waals surface area contributed by atoms with Crippen molar-refractivity contribution in [1.29, 1.82) is 0 Å². The molecule has 0 saturated heterocycles. The molecule has 4 aliphatic carbocycles. The van der Waals surface area contributed by atoms with Gasteiger partial charge in [0.05, 0.1) is 6.10 Å². The standard InChI is InChI=1S/C19H28O4/c1-17-8-7-15-13(14(17)5-6-16(17)21)4-3-11-9-12(20)10-19(22,23)18(11,15)2/h3,12-15,20,22-23H,4-10H2,1-2H3/t12-,13+,14+,15+,17+,18+/m1/s1. The molecule has 0 aromatic heterocycles. The summed E-state index contributed by atoms with van der Waals surface area (Å²) < 4.78 is 0. The number of hydrogen-bond donors (Lipinski definition) is 3. The third-order valence-corrected chi connectivity index (χ3v) is 8.00. The number of allylic oxidation sites excluding steroid dienone is 1. The van der Waals surface area contributed by atoms with Crippen LogP contribution in [0.3, 0.4) is 0 Å². The molecule has 3 fully saturated rings. The average molecular weight is 320 g/mol. The molecular formula is C19H28O4. The quantitative estimate of drug-likeness (QED) is 0.472. The van der Waals surface area contributed by atoms with Crippen molar-refractivity contribution in [3.63, 3.8) is 0 Å². The van der Waals surface area contributed by atoms with E-state index in [9.17, 15) is 20.1 Å². The summed E-state index contributed by atoms with van der Waals surface area (Å²) in [5.74, 6) is -0.557. The summed E-state index contributed by atoms with van der Waals surface area (Å²) in [7, 11) is 0. The number of rotatable bonds is 0. The summed E-state index contributed by atoms with van der Waals surface area (Å²) in [6.07, 6.45) is 6.29. The Bertz CT molecular complexity index is 580. The second-order valence-corrected chi connectivity index (χ2v) is 8.84. The fourth-order valence-electron chi connectivity index (χ4n) is 6.55. The van der Waals surface area contributed by atoms with Gasteiger partial charge in [0.1, 0.15) is 5.78 Å². The Morgan fingerprint density at radius 3 is 2.65 bits per heavy atom. The molecular weight excluding hydrogens is 292 g/mol. The highest BCUT2D eigenvalue weighted by Gasteiger charge is 2.64. The summed E-state index contributed by atoms with van der Waals surface area (Å²) in [5, 5.41) is 31.6. The van der Waals surface area contributed by atoms with Crippen molar-refractivity contribution in [2.24, 2.45) is 28.6 Å². The maximum absolute atomic E-state index is 12.4. The van der Waals surface area contributed by atoms with E-state index in [0.29, 0.717) is 30.5 Å². The van der Waals surface area contributed by atoms with Crippen molar-refractivity contribution in [2.75, 3.05) is 0 Å². The van der Waals surface area contributed by atoms with Crippen LogP contribution in [0.5, 0.6) is 0 Å². The topological polar surface area (TPSA) is 77.8 Å². The molecule has 4 rings (SSSR count). The van der Waals surface area contributed by atoms with Gasteiger partial charge in [-0.05, 0) is 49.9 Å². The van der Waals surface area contributed by atoms with E-state index in [-0.39, 0.29) is 17.8 Å². The molecule has 0 heterocycles. The van der Waals surface area contributed by atoms with Crippen LogP contribution in [0.4, 0.5) is 0 Å². The zero-order valence-corrected chi connectivity index (χ0v) is 14.1.